The minimum absolute atomic E-state index is 0.505. The van der Waals surface area contributed by atoms with Gasteiger partial charge in [-0.25, -0.2) is 0 Å². The van der Waals surface area contributed by atoms with Gasteiger partial charge < -0.3 is 10.8 Å². The Morgan fingerprint density at radius 2 is 2.00 bits per heavy atom. The van der Waals surface area contributed by atoms with Gasteiger partial charge in [0.1, 0.15) is 0 Å². The summed E-state index contributed by atoms with van der Waals surface area (Å²) in [6.07, 6.45) is 0.525. The van der Waals surface area contributed by atoms with Crippen molar-refractivity contribution < 1.29 is 9.90 Å². The first kappa shape index (κ1) is 11.7. The molecule has 0 aliphatic heterocycles. The van der Waals surface area contributed by atoms with Crippen molar-refractivity contribution in [3.8, 4) is 0 Å². The summed E-state index contributed by atoms with van der Waals surface area (Å²) < 4.78 is 0. The highest BCUT2D eigenvalue weighted by Crippen LogP contribution is 2.24. The van der Waals surface area contributed by atoms with Gasteiger partial charge in [-0.1, -0.05) is 18.2 Å². The number of anilines is 1. The molecule has 1 atom stereocenters. The van der Waals surface area contributed by atoms with Crippen LogP contribution in [0.25, 0.3) is 0 Å². The molecule has 0 amide bonds. The average molecular weight is 247 g/mol. The van der Waals surface area contributed by atoms with E-state index in [-0.39, 0.29) is 0 Å². The molecule has 3 nitrogen and oxygen atoms in total. The summed E-state index contributed by atoms with van der Waals surface area (Å²) in [6.45, 7) is 0. The molecule has 1 aromatic carbocycles. The number of carboxylic acid groups (broad SMARTS) is 1. The molecule has 0 saturated carbocycles. The van der Waals surface area contributed by atoms with E-state index in [4.69, 9.17) is 5.73 Å². The molecule has 0 spiro atoms. The molecule has 0 fully saturated rings. The number of hydrogen-bond acceptors (Lipinski definition) is 3. The van der Waals surface area contributed by atoms with E-state index in [0.29, 0.717) is 12.1 Å². The normalized spacial score (nSPS) is 12.2. The minimum Gasteiger partial charge on any atom is -0.481 e. The van der Waals surface area contributed by atoms with Crippen LogP contribution in [0.3, 0.4) is 0 Å². The fraction of sp³-hybridized carbons (Fsp3) is 0.154. The highest BCUT2D eigenvalue weighted by atomic mass is 32.1. The van der Waals surface area contributed by atoms with Crippen LogP contribution in [-0.4, -0.2) is 11.1 Å². The van der Waals surface area contributed by atoms with Crippen LogP contribution in [0, 0.1) is 0 Å². The van der Waals surface area contributed by atoms with Gasteiger partial charge >= 0.3 is 5.97 Å². The van der Waals surface area contributed by atoms with Crippen molar-refractivity contribution in [2.45, 2.75) is 12.3 Å². The Morgan fingerprint density at radius 3 is 2.53 bits per heavy atom. The van der Waals surface area contributed by atoms with Gasteiger partial charge in [0.15, 0.2) is 0 Å². The van der Waals surface area contributed by atoms with E-state index < -0.39 is 11.9 Å². The lowest BCUT2D eigenvalue weighted by atomic mass is 9.95. The zero-order valence-electron chi connectivity index (χ0n) is 9.17. The number of nitrogen functional groups attached to an aromatic ring is 1. The quantitative estimate of drug-likeness (QED) is 0.816. The van der Waals surface area contributed by atoms with Crippen LogP contribution in [-0.2, 0) is 11.2 Å². The van der Waals surface area contributed by atoms with E-state index >= 15 is 0 Å². The number of hydrogen-bond donors (Lipinski definition) is 2. The number of aliphatic carboxylic acids is 1. The van der Waals surface area contributed by atoms with Gasteiger partial charge in [-0.3, -0.25) is 4.79 Å². The Bertz CT molecular complexity index is 491. The monoisotopic (exact) mass is 247 g/mol. The maximum Gasteiger partial charge on any atom is 0.311 e. The SMILES string of the molecule is Nc1ccc(C(Cc2cccs2)C(=O)O)cc1. The summed E-state index contributed by atoms with van der Waals surface area (Å²) in [7, 11) is 0. The average Bonchev–Trinajstić information content (AvgIpc) is 2.80. The third-order valence-electron chi connectivity index (χ3n) is 2.62. The number of thiophene rings is 1. The second kappa shape index (κ2) is 5.01. The lowest BCUT2D eigenvalue weighted by Crippen LogP contribution is -2.13. The second-order valence-electron chi connectivity index (χ2n) is 3.84. The van der Waals surface area contributed by atoms with Crippen molar-refractivity contribution in [3.05, 3.63) is 52.2 Å². The summed E-state index contributed by atoms with van der Waals surface area (Å²) in [4.78, 5) is 12.4. The number of carbonyl (C=O) groups is 1. The van der Waals surface area contributed by atoms with Gasteiger partial charge in [0, 0.05) is 10.6 Å². The van der Waals surface area contributed by atoms with Gasteiger partial charge in [0.05, 0.1) is 5.92 Å². The van der Waals surface area contributed by atoms with Crippen molar-refractivity contribution in [3.63, 3.8) is 0 Å². The topological polar surface area (TPSA) is 63.3 Å². The maximum atomic E-state index is 11.3. The molecule has 0 aliphatic rings. The van der Waals surface area contributed by atoms with Gasteiger partial charge in [-0.2, -0.15) is 0 Å². The lowest BCUT2D eigenvalue weighted by molar-refractivity contribution is -0.138. The van der Waals surface area contributed by atoms with Crippen LogP contribution in [0.4, 0.5) is 5.69 Å². The molecular weight excluding hydrogens is 234 g/mol. The van der Waals surface area contributed by atoms with Gasteiger partial charge in [-0.05, 0) is 35.6 Å². The van der Waals surface area contributed by atoms with E-state index in [2.05, 4.69) is 0 Å². The molecule has 4 heteroatoms. The molecule has 0 radical (unpaired) electrons. The first-order chi connectivity index (χ1) is 8.16. The standard InChI is InChI=1S/C13H13NO2S/c14-10-5-3-9(4-6-10)12(13(15)16)8-11-2-1-7-17-11/h1-7,12H,8,14H2,(H,15,16). The van der Waals surface area contributed by atoms with E-state index in [1.807, 2.05) is 17.5 Å². The molecule has 0 aliphatic carbocycles. The predicted molar refractivity (Wildman–Crippen MR) is 69.3 cm³/mol. The van der Waals surface area contributed by atoms with Crippen LogP contribution in [0.1, 0.15) is 16.4 Å². The highest BCUT2D eigenvalue weighted by molar-refractivity contribution is 7.09. The first-order valence-corrected chi connectivity index (χ1v) is 6.15. The summed E-state index contributed by atoms with van der Waals surface area (Å²) in [5.74, 6) is -1.31. The molecule has 1 unspecified atom stereocenters. The number of rotatable bonds is 4. The zero-order valence-corrected chi connectivity index (χ0v) is 9.98. The van der Waals surface area contributed by atoms with E-state index in [9.17, 15) is 9.90 Å². The van der Waals surface area contributed by atoms with E-state index in [1.54, 1.807) is 35.6 Å². The Balaban J connectivity index is 2.23. The Hall–Kier alpha value is -1.81. The summed E-state index contributed by atoms with van der Waals surface area (Å²) in [5, 5.41) is 11.2. The Labute approximate surface area is 104 Å². The summed E-state index contributed by atoms with van der Waals surface area (Å²) in [5.41, 5.74) is 7.03. The molecule has 0 bridgehead atoms. The van der Waals surface area contributed by atoms with Crippen molar-refractivity contribution in [1.82, 2.24) is 0 Å². The molecule has 0 saturated heterocycles. The van der Waals surface area contributed by atoms with Crippen molar-refractivity contribution >= 4 is 23.0 Å². The second-order valence-corrected chi connectivity index (χ2v) is 4.87. The molecule has 3 N–H and O–H groups in total. The smallest absolute Gasteiger partial charge is 0.311 e. The maximum absolute atomic E-state index is 11.3. The molecule has 1 heterocycles. The molecular formula is C13H13NO2S. The lowest BCUT2D eigenvalue weighted by Gasteiger charge is -2.11. The molecule has 17 heavy (non-hydrogen) atoms. The third kappa shape index (κ3) is 2.85. The van der Waals surface area contributed by atoms with Crippen LogP contribution < -0.4 is 5.73 Å². The Morgan fingerprint density at radius 1 is 1.29 bits per heavy atom. The van der Waals surface area contributed by atoms with E-state index in [0.717, 1.165) is 10.4 Å². The van der Waals surface area contributed by atoms with E-state index in [1.165, 1.54) is 0 Å². The number of benzene rings is 1. The fourth-order valence-electron chi connectivity index (χ4n) is 1.71. The molecule has 1 aromatic heterocycles. The molecule has 2 aromatic rings. The minimum atomic E-state index is -0.803. The molecule has 2 rings (SSSR count). The number of carboxylic acids is 1. The van der Waals surface area contributed by atoms with Crippen LogP contribution in [0.5, 0.6) is 0 Å². The van der Waals surface area contributed by atoms with Gasteiger partial charge in [0.25, 0.3) is 0 Å². The Kier molecular flexibility index (Phi) is 3.44. The molecule has 88 valence electrons. The number of nitrogens with two attached hydrogens (primary N) is 1. The highest BCUT2D eigenvalue weighted by Gasteiger charge is 2.20. The van der Waals surface area contributed by atoms with Crippen molar-refractivity contribution in [1.29, 1.82) is 0 Å². The zero-order chi connectivity index (χ0) is 12.3. The van der Waals surface area contributed by atoms with Crippen molar-refractivity contribution in [2.75, 3.05) is 5.73 Å². The van der Waals surface area contributed by atoms with Crippen LogP contribution >= 0.6 is 11.3 Å². The predicted octanol–water partition coefficient (Wildman–Crippen LogP) is 2.74. The van der Waals surface area contributed by atoms with Crippen molar-refractivity contribution in [2.24, 2.45) is 0 Å². The summed E-state index contributed by atoms with van der Waals surface area (Å²) >= 11 is 1.58. The first-order valence-electron chi connectivity index (χ1n) is 5.27. The fourth-order valence-corrected chi connectivity index (χ4v) is 2.46. The van der Waals surface area contributed by atoms with Gasteiger partial charge in [-0.15, -0.1) is 11.3 Å². The largest absolute Gasteiger partial charge is 0.481 e. The summed E-state index contributed by atoms with van der Waals surface area (Å²) in [6, 6.07) is 10.9. The van der Waals surface area contributed by atoms with Crippen LogP contribution in [0.2, 0.25) is 0 Å². The van der Waals surface area contributed by atoms with Gasteiger partial charge in [0.2, 0.25) is 0 Å². The third-order valence-corrected chi connectivity index (χ3v) is 3.52. The van der Waals surface area contributed by atoms with Crippen LogP contribution in [0.15, 0.2) is 41.8 Å².